The summed E-state index contributed by atoms with van der Waals surface area (Å²) in [5.41, 5.74) is -4.07. The van der Waals surface area contributed by atoms with Crippen molar-refractivity contribution in [2.75, 3.05) is 12.3 Å². The molecule has 1 fully saturated rings. The Morgan fingerprint density at radius 2 is 2.15 bits per heavy atom. The van der Waals surface area contributed by atoms with Gasteiger partial charge in [-0.1, -0.05) is 13.3 Å². The SMILES string of the molecule is CCC1CC1NCCSC(F)(F)F. The average molecular weight is 213 g/mol. The van der Waals surface area contributed by atoms with Crippen molar-refractivity contribution in [2.45, 2.75) is 31.3 Å². The predicted molar refractivity (Wildman–Crippen MR) is 48.7 cm³/mol. The smallest absolute Gasteiger partial charge is 0.313 e. The zero-order valence-electron chi connectivity index (χ0n) is 7.53. The largest absolute Gasteiger partial charge is 0.441 e. The van der Waals surface area contributed by atoms with E-state index in [2.05, 4.69) is 12.2 Å². The summed E-state index contributed by atoms with van der Waals surface area (Å²) in [6, 6.07) is 0.485. The van der Waals surface area contributed by atoms with Gasteiger partial charge in [-0.2, -0.15) is 13.2 Å². The fourth-order valence-electron chi connectivity index (χ4n) is 1.36. The van der Waals surface area contributed by atoms with Gasteiger partial charge in [0.1, 0.15) is 0 Å². The normalized spacial score (nSPS) is 27.7. The Labute approximate surface area is 80.5 Å². The third-order valence-electron chi connectivity index (χ3n) is 2.22. The fourth-order valence-corrected chi connectivity index (χ4v) is 1.81. The van der Waals surface area contributed by atoms with E-state index in [1.165, 1.54) is 0 Å². The molecule has 2 atom stereocenters. The van der Waals surface area contributed by atoms with E-state index in [1.54, 1.807) is 0 Å². The van der Waals surface area contributed by atoms with Crippen LogP contribution in [0.5, 0.6) is 0 Å². The summed E-state index contributed by atoms with van der Waals surface area (Å²) >= 11 is 0.0497. The second kappa shape index (κ2) is 4.55. The molecule has 0 bridgehead atoms. The first kappa shape index (κ1) is 11.2. The lowest BCUT2D eigenvalue weighted by atomic mass is 10.3. The molecule has 0 heterocycles. The summed E-state index contributed by atoms with van der Waals surface area (Å²) < 4.78 is 35.0. The molecule has 1 N–H and O–H groups in total. The second-order valence-corrected chi connectivity index (χ2v) is 4.42. The number of halogens is 3. The Morgan fingerprint density at radius 3 is 2.62 bits per heavy atom. The van der Waals surface area contributed by atoms with Gasteiger partial charge in [-0.05, 0) is 24.1 Å². The average Bonchev–Trinajstić information content (AvgIpc) is 2.75. The highest BCUT2D eigenvalue weighted by Crippen LogP contribution is 2.33. The molecular formula is C8H14F3NS. The molecule has 0 aliphatic heterocycles. The summed E-state index contributed by atoms with van der Waals surface area (Å²) in [5.74, 6) is 0.826. The number of alkyl halides is 3. The predicted octanol–water partition coefficient (Wildman–Crippen LogP) is 2.63. The Morgan fingerprint density at radius 1 is 1.46 bits per heavy atom. The Hall–Kier alpha value is 0.100. The summed E-state index contributed by atoms with van der Waals surface area (Å²) in [4.78, 5) is 0. The lowest BCUT2D eigenvalue weighted by Gasteiger charge is -2.06. The van der Waals surface area contributed by atoms with Gasteiger partial charge in [0.25, 0.3) is 0 Å². The van der Waals surface area contributed by atoms with Gasteiger partial charge in [0.15, 0.2) is 0 Å². The van der Waals surface area contributed by atoms with Crippen LogP contribution in [-0.2, 0) is 0 Å². The third-order valence-corrected chi connectivity index (χ3v) is 2.96. The van der Waals surface area contributed by atoms with Gasteiger partial charge in [-0.15, -0.1) is 0 Å². The summed E-state index contributed by atoms with van der Waals surface area (Å²) in [5, 5.41) is 3.11. The van der Waals surface area contributed by atoms with Gasteiger partial charge in [0.2, 0.25) is 0 Å². The van der Waals surface area contributed by atoms with Crippen molar-refractivity contribution < 1.29 is 13.2 Å². The molecule has 0 amide bonds. The minimum absolute atomic E-state index is 0.0497. The maximum absolute atomic E-state index is 11.7. The maximum Gasteiger partial charge on any atom is 0.441 e. The van der Waals surface area contributed by atoms with E-state index in [0.717, 1.165) is 12.8 Å². The summed E-state index contributed by atoms with van der Waals surface area (Å²) in [7, 11) is 0. The lowest BCUT2D eigenvalue weighted by molar-refractivity contribution is -0.0327. The molecule has 1 aliphatic rings. The molecule has 0 aromatic rings. The molecule has 0 saturated heterocycles. The molecule has 1 saturated carbocycles. The zero-order valence-corrected chi connectivity index (χ0v) is 8.34. The molecule has 0 aromatic carbocycles. The molecule has 0 aromatic heterocycles. The molecule has 13 heavy (non-hydrogen) atoms. The first-order valence-corrected chi connectivity index (χ1v) is 5.45. The van der Waals surface area contributed by atoms with Crippen LogP contribution in [0.25, 0.3) is 0 Å². The van der Waals surface area contributed by atoms with Crippen molar-refractivity contribution in [2.24, 2.45) is 5.92 Å². The van der Waals surface area contributed by atoms with Crippen molar-refractivity contribution in [3.05, 3.63) is 0 Å². The third kappa shape index (κ3) is 4.76. The number of hydrogen-bond acceptors (Lipinski definition) is 2. The van der Waals surface area contributed by atoms with E-state index in [4.69, 9.17) is 0 Å². The van der Waals surface area contributed by atoms with E-state index < -0.39 is 5.51 Å². The van der Waals surface area contributed by atoms with Crippen LogP contribution >= 0.6 is 11.8 Å². The number of hydrogen-bond donors (Lipinski definition) is 1. The monoisotopic (exact) mass is 213 g/mol. The van der Waals surface area contributed by atoms with Crippen molar-refractivity contribution in [1.29, 1.82) is 0 Å². The minimum Gasteiger partial charge on any atom is -0.313 e. The molecule has 0 spiro atoms. The quantitative estimate of drug-likeness (QED) is 0.704. The van der Waals surface area contributed by atoms with Gasteiger partial charge in [-0.25, -0.2) is 0 Å². The highest BCUT2D eigenvalue weighted by Gasteiger charge is 2.34. The van der Waals surface area contributed by atoms with Gasteiger partial charge in [0, 0.05) is 18.3 Å². The highest BCUT2D eigenvalue weighted by molar-refractivity contribution is 8.00. The van der Waals surface area contributed by atoms with Crippen molar-refractivity contribution >= 4 is 11.8 Å². The number of thioether (sulfide) groups is 1. The minimum atomic E-state index is -4.07. The first-order valence-electron chi connectivity index (χ1n) is 4.47. The summed E-state index contributed by atoms with van der Waals surface area (Å²) in [6.07, 6.45) is 2.26. The topological polar surface area (TPSA) is 12.0 Å². The number of rotatable bonds is 5. The van der Waals surface area contributed by atoms with Crippen molar-refractivity contribution in [3.8, 4) is 0 Å². The Kier molecular flexibility index (Phi) is 3.91. The van der Waals surface area contributed by atoms with Crippen LogP contribution in [0, 0.1) is 5.92 Å². The van der Waals surface area contributed by atoms with Crippen LogP contribution in [-0.4, -0.2) is 23.8 Å². The molecule has 5 heteroatoms. The van der Waals surface area contributed by atoms with E-state index in [9.17, 15) is 13.2 Å². The maximum atomic E-state index is 11.7. The van der Waals surface area contributed by atoms with E-state index in [1.807, 2.05) is 0 Å². The number of nitrogens with one attached hydrogen (secondary N) is 1. The molecule has 1 nitrogen and oxygen atoms in total. The standard InChI is InChI=1S/C8H14F3NS/c1-2-6-5-7(6)12-3-4-13-8(9,10)11/h6-7,12H,2-5H2,1H3. The molecule has 1 aliphatic carbocycles. The van der Waals surface area contributed by atoms with Crippen LogP contribution in [0.3, 0.4) is 0 Å². The first-order chi connectivity index (χ1) is 6.03. The van der Waals surface area contributed by atoms with Crippen LogP contribution in [0.15, 0.2) is 0 Å². The fraction of sp³-hybridized carbons (Fsp3) is 1.00. The van der Waals surface area contributed by atoms with Gasteiger partial charge in [-0.3, -0.25) is 0 Å². The second-order valence-electron chi connectivity index (χ2n) is 3.26. The molecule has 2 unspecified atom stereocenters. The summed E-state index contributed by atoms with van der Waals surface area (Å²) in [6.45, 7) is 2.57. The van der Waals surface area contributed by atoms with Gasteiger partial charge in [0.05, 0.1) is 0 Å². The Bertz CT molecular complexity index is 160. The van der Waals surface area contributed by atoms with Crippen LogP contribution < -0.4 is 5.32 Å². The molecule has 0 radical (unpaired) electrons. The molecule has 78 valence electrons. The lowest BCUT2D eigenvalue weighted by Crippen LogP contribution is -2.22. The van der Waals surface area contributed by atoms with Gasteiger partial charge >= 0.3 is 5.51 Å². The van der Waals surface area contributed by atoms with E-state index in [-0.39, 0.29) is 17.5 Å². The Balaban J connectivity index is 1.91. The van der Waals surface area contributed by atoms with Crippen molar-refractivity contribution in [3.63, 3.8) is 0 Å². The van der Waals surface area contributed by atoms with Crippen LogP contribution in [0.4, 0.5) is 13.2 Å². The van der Waals surface area contributed by atoms with Crippen molar-refractivity contribution in [1.82, 2.24) is 5.32 Å². The molecular weight excluding hydrogens is 199 g/mol. The van der Waals surface area contributed by atoms with E-state index >= 15 is 0 Å². The zero-order chi connectivity index (χ0) is 9.90. The highest BCUT2D eigenvalue weighted by atomic mass is 32.2. The van der Waals surface area contributed by atoms with E-state index in [0.29, 0.717) is 18.5 Å². The van der Waals surface area contributed by atoms with Crippen LogP contribution in [0.1, 0.15) is 19.8 Å². The van der Waals surface area contributed by atoms with Crippen LogP contribution in [0.2, 0.25) is 0 Å². The molecule has 1 rings (SSSR count). The van der Waals surface area contributed by atoms with Gasteiger partial charge < -0.3 is 5.32 Å².